The first-order valence-corrected chi connectivity index (χ1v) is 6.52. The second-order valence-electron chi connectivity index (χ2n) is 4.22. The molecule has 3 heterocycles. The zero-order chi connectivity index (χ0) is 12.7. The van der Waals surface area contributed by atoms with Crippen LogP contribution in [0.5, 0.6) is 0 Å². The maximum atomic E-state index is 5.83. The maximum Gasteiger partial charge on any atom is 0.160 e. The van der Waals surface area contributed by atoms with Crippen molar-refractivity contribution in [2.45, 2.75) is 13.0 Å². The number of rotatable bonds is 2. The van der Waals surface area contributed by atoms with Crippen LogP contribution in [0.3, 0.4) is 0 Å². The molecule has 0 aliphatic rings. The van der Waals surface area contributed by atoms with Crippen LogP contribution in [0.25, 0.3) is 22.6 Å². The summed E-state index contributed by atoms with van der Waals surface area (Å²) in [5.74, 6) is 0.848. The van der Waals surface area contributed by atoms with E-state index in [9.17, 15) is 0 Å². The second-order valence-corrected chi connectivity index (χ2v) is 5.11. The van der Waals surface area contributed by atoms with Gasteiger partial charge < -0.3 is 10.3 Å². The predicted octanol–water partition coefficient (Wildman–Crippen LogP) is 2.11. The first kappa shape index (κ1) is 11.3. The van der Waals surface area contributed by atoms with Crippen LogP contribution >= 0.6 is 11.3 Å². The minimum atomic E-state index is -0.0416. The quantitative estimate of drug-likeness (QED) is 0.765. The van der Waals surface area contributed by atoms with Gasteiger partial charge in [0.25, 0.3) is 0 Å². The zero-order valence-corrected chi connectivity index (χ0v) is 11.0. The first-order valence-electron chi connectivity index (χ1n) is 5.64. The van der Waals surface area contributed by atoms with Crippen LogP contribution in [0.2, 0.25) is 0 Å². The van der Waals surface area contributed by atoms with Gasteiger partial charge in [0.2, 0.25) is 0 Å². The van der Waals surface area contributed by atoms with E-state index in [1.807, 2.05) is 30.0 Å². The van der Waals surface area contributed by atoms with E-state index in [-0.39, 0.29) is 6.04 Å². The normalized spacial score (nSPS) is 13.1. The Balaban J connectivity index is 2.15. The Hall–Kier alpha value is -1.79. The largest absolute Gasteiger partial charge is 0.326 e. The lowest BCUT2D eigenvalue weighted by atomic mass is 10.4. The van der Waals surface area contributed by atoms with Crippen LogP contribution in [0.4, 0.5) is 0 Å². The lowest BCUT2D eigenvalue weighted by Gasteiger charge is -1.99. The van der Waals surface area contributed by atoms with Gasteiger partial charge in [0.1, 0.15) is 16.2 Å². The summed E-state index contributed by atoms with van der Waals surface area (Å²) in [5.41, 5.74) is 8.63. The highest BCUT2D eigenvalue weighted by Crippen LogP contribution is 2.26. The fourth-order valence-electron chi connectivity index (χ4n) is 1.88. The molecule has 0 saturated carbocycles. The van der Waals surface area contributed by atoms with Gasteiger partial charge >= 0.3 is 0 Å². The molecule has 92 valence electrons. The Bertz CT molecular complexity index is 697. The molecule has 1 unspecified atom stereocenters. The third-order valence-corrected chi connectivity index (χ3v) is 3.87. The van der Waals surface area contributed by atoms with Gasteiger partial charge in [-0.15, -0.1) is 11.3 Å². The predicted molar refractivity (Wildman–Crippen MR) is 72.2 cm³/mol. The number of pyridine rings is 1. The van der Waals surface area contributed by atoms with E-state index in [0.717, 1.165) is 27.6 Å². The maximum absolute atomic E-state index is 5.83. The summed E-state index contributed by atoms with van der Waals surface area (Å²) < 4.78 is 2.02. The number of fused-ring (bicyclic) bond motifs is 1. The Morgan fingerprint density at radius 3 is 2.89 bits per heavy atom. The molecule has 0 radical (unpaired) electrons. The number of nitrogens with two attached hydrogens (primary N) is 1. The Morgan fingerprint density at radius 2 is 2.22 bits per heavy atom. The van der Waals surface area contributed by atoms with Crippen molar-refractivity contribution in [2.75, 3.05) is 0 Å². The third kappa shape index (κ3) is 1.70. The zero-order valence-electron chi connectivity index (χ0n) is 10.2. The molecule has 0 amide bonds. The molecule has 0 aromatic carbocycles. The molecule has 3 rings (SSSR count). The monoisotopic (exact) mass is 259 g/mol. The molecule has 0 spiro atoms. The van der Waals surface area contributed by atoms with Crippen LogP contribution < -0.4 is 5.73 Å². The fourth-order valence-corrected chi connectivity index (χ4v) is 2.64. The third-order valence-electron chi connectivity index (χ3n) is 2.82. The molecule has 0 fully saturated rings. The van der Waals surface area contributed by atoms with Gasteiger partial charge in [-0.2, -0.15) is 0 Å². The van der Waals surface area contributed by atoms with E-state index >= 15 is 0 Å². The van der Waals surface area contributed by atoms with Crippen molar-refractivity contribution in [3.63, 3.8) is 0 Å². The molecule has 5 nitrogen and oxygen atoms in total. The number of nitrogens with zero attached hydrogens (tertiary/aromatic N) is 4. The molecule has 6 heteroatoms. The smallest absolute Gasteiger partial charge is 0.160 e. The summed E-state index contributed by atoms with van der Waals surface area (Å²) in [7, 11) is 1.98. The lowest BCUT2D eigenvalue weighted by Crippen LogP contribution is -2.04. The van der Waals surface area contributed by atoms with Gasteiger partial charge in [-0.25, -0.2) is 9.97 Å². The lowest BCUT2D eigenvalue weighted by molar-refractivity contribution is 0.806. The Labute approximate surface area is 108 Å². The second kappa shape index (κ2) is 4.15. The summed E-state index contributed by atoms with van der Waals surface area (Å²) in [6.45, 7) is 1.93. The van der Waals surface area contributed by atoms with Crippen molar-refractivity contribution in [1.82, 2.24) is 19.5 Å². The molecule has 3 aromatic rings. The van der Waals surface area contributed by atoms with Crippen molar-refractivity contribution in [1.29, 1.82) is 0 Å². The number of aromatic nitrogens is 4. The minimum absolute atomic E-state index is 0.0416. The molecule has 18 heavy (non-hydrogen) atoms. The summed E-state index contributed by atoms with van der Waals surface area (Å²) in [6, 6.07) is 1.91. The van der Waals surface area contributed by atoms with Gasteiger partial charge in [0.15, 0.2) is 5.82 Å². The van der Waals surface area contributed by atoms with Crippen molar-refractivity contribution in [3.8, 4) is 11.5 Å². The number of imidazole rings is 1. The number of hydrogen-bond donors (Lipinski definition) is 1. The van der Waals surface area contributed by atoms with Crippen molar-refractivity contribution >= 4 is 22.4 Å². The molecule has 0 saturated heterocycles. The molecule has 0 aliphatic carbocycles. The van der Waals surface area contributed by atoms with Crippen LogP contribution in [-0.2, 0) is 7.05 Å². The SMILES string of the molecule is CC(N)c1nc(-c2nc3cnccc3n2C)cs1. The Kier molecular flexibility index (Phi) is 2.61. The molecular weight excluding hydrogens is 246 g/mol. The van der Waals surface area contributed by atoms with Gasteiger partial charge in [0, 0.05) is 18.6 Å². The highest BCUT2D eigenvalue weighted by atomic mass is 32.1. The number of thiazole rings is 1. The summed E-state index contributed by atoms with van der Waals surface area (Å²) in [6.07, 6.45) is 3.53. The fraction of sp³-hybridized carbons (Fsp3) is 0.250. The van der Waals surface area contributed by atoms with Crippen LogP contribution in [0, 0.1) is 0 Å². The van der Waals surface area contributed by atoms with Crippen LogP contribution in [0.15, 0.2) is 23.8 Å². The standard InChI is InChI=1S/C12H13N5S/c1-7(13)12-16-9(6-18-12)11-15-8-5-14-4-3-10(8)17(11)2/h3-7H,13H2,1-2H3. The van der Waals surface area contributed by atoms with E-state index in [1.54, 1.807) is 23.7 Å². The average Bonchev–Trinajstić information content (AvgIpc) is 2.95. The van der Waals surface area contributed by atoms with Crippen molar-refractivity contribution in [2.24, 2.45) is 12.8 Å². The number of hydrogen-bond acceptors (Lipinski definition) is 5. The molecular formula is C12H13N5S. The van der Waals surface area contributed by atoms with Crippen LogP contribution in [0.1, 0.15) is 18.0 Å². The average molecular weight is 259 g/mol. The van der Waals surface area contributed by atoms with E-state index in [4.69, 9.17) is 5.73 Å². The van der Waals surface area contributed by atoms with E-state index < -0.39 is 0 Å². The van der Waals surface area contributed by atoms with Crippen molar-refractivity contribution in [3.05, 3.63) is 28.8 Å². The van der Waals surface area contributed by atoms with E-state index in [2.05, 4.69) is 15.0 Å². The number of aryl methyl sites for hydroxylation is 1. The van der Waals surface area contributed by atoms with Crippen molar-refractivity contribution < 1.29 is 0 Å². The molecule has 0 bridgehead atoms. The van der Waals surface area contributed by atoms with Crippen LogP contribution in [-0.4, -0.2) is 19.5 Å². The molecule has 2 N–H and O–H groups in total. The minimum Gasteiger partial charge on any atom is -0.326 e. The first-order chi connectivity index (χ1) is 8.66. The van der Waals surface area contributed by atoms with Gasteiger partial charge in [-0.3, -0.25) is 4.98 Å². The Morgan fingerprint density at radius 1 is 1.39 bits per heavy atom. The molecule has 3 aromatic heterocycles. The molecule has 0 aliphatic heterocycles. The molecule has 1 atom stereocenters. The van der Waals surface area contributed by atoms with Gasteiger partial charge in [-0.05, 0) is 13.0 Å². The van der Waals surface area contributed by atoms with E-state index in [0.29, 0.717) is 0 Å². The topological polar surface area (TPSA) is 69.6 Å². The summed E-state index contributed by atoms with van der Waals surface area (Å²) >= 11 is 1.57. The van der Waals surface area contributed by atoms with Gasteiger partial charge in [0.05, 0.1) is 17.8 Å². The summed E-state index contributed by atoms with van der Waals surface area (Å²) in [5, 5.41) is 2.92. The summed E-state index contributed by atoms with van der Waals surface area (Å²) in [4.78, 5) is 13.2. The highest BCUT2D eigenvalue weighted by molar-refractivity contribution is 7.10. The van der Waals surface area contributed by atoms with E-state index in [1.165, 1.54) is 0 Å². The van der Waals surface area contributed by atoms with Gasteiger partial charge in [-0.1, -0.05) is 0 Å². The highest BCUT2D eigenvalue weighted by Gasteiger charge is 2.14.